The molecule has 0 bridgehead atoms. The second-order valence-electron chi connectivity index (χ2n) is 6.83. The number of ether oxygens (including phenoxy) is 2. The summed E-state index contributed by atoms with van der Waals surface area (Å²) in [5, 5.41) is 9.38. The zero-order chi connectivity index (χ0) is 23.6. The Hall–Kier alpha value is -2.90. The van der Waals surface area contributed by atoms with E-state index in [0.717, 1.165) is 11.1 Å². The summed E-state index contributed by atoms with van der Waals surface area (Å²) in [4.78, 5) is 0. The van der Waals surface area contributed by atoms with Crippen molar-refractivity contribution in [2.45, 2.75) is 13.2 Å². The summed E-state index contributed by atoms with van der Waals surface area (Å²) >= 11 is 6.23. The molecule has 0 aliphatic rings. The Balaban J connectivity index is 0.000000186. The number of hydrogen-bond acceptors (Lipinski definition) is 3. The Morgan fingerprint density at radius 3 is 1.73 bits per heavy atom. The Labute approximate surface area is 207 Å². The van der Waals surface area contributed by atoms with Gasteiger partial charge in [-0.3, -0.25) is 0 Å². The van der Waals surface area contributed by atoms with Gasteiger partial charge in [-0.05, 0) is 57.4 Å². The highest BCUT2D eigenvalue weighted by atomic mass is 79.9. The lowest BCUT2D eigenvalue weighted by Crippen LogP contribution is -1.97. The van der Waals surface area contributed by atoms with Gasteiger partial charge >= 0.3 is 0 Å². The van der Waals surface area contributed by atoms with Crippen LogP contribution in [-0.2, 0) is 13.2 Å². The smallest absolute Gasteiger partial charge is 0.207 e. The zero-order valence-corrected chi connectivity index (χ0v) is 20.5. The van der Waals surface area contributed by atoms with Crippen LogP contribution in [0.1, 0.15) is 11.1 Å². The predicted molar refractivity (Wildman–Crippen MR) is 131 cm³/mol. The van der Waals surface area contributed by atoms with Crippen LogP contribution in [0, 0.1) is 11.6 Å². The summed E-state index contributed by atoms with van der Waals surface area (Å²) in [5.74, 6) is -1.24. The number of halogens is 4. The molecule has 0 spiro atoms. The van der Waals surface area contributed by atoms with Crippen LogP contribution in [-0.4, -0.2) is 5.11 Å². The van der Waals surface area contributed by atoms with Gasteiger partial charge in [0.15, 0.2) is 23.1 Å². The highest BCUT2D eigenvalue weighted by molar-refractivity contribution is 9.10. The van der Waals surface area contributed by atoms with Gasteiger partial charge in [0.25, 0.3) is 0 Å². The first-order valence-electron chi connectivity index (χ1n) is 9.89. The van der Waals surface area contributed by atoms with Gasteiger partial charge in [-0.2, -0.15) is 4.39 Å². The molecule has 7 heteroatoms. The minimum atomic E-state index is -0.754. The number of phenols is 1. The topological polar surface area (TPSA) is 38.7 Å². The molecule has 3 nitrogen and oxygen atoms in total. The van der Waals surface area contributed by atoms with Crippen LogP contribution in [0.15, 0.2) is 99.9 Å². The van der Waals surface area contributed by atoms with Gasteiger partial charge in [-0.15, -0.1) is 0 Å². The predicted octanol–water partition coefficient (Wildman–Crippen LogP) is 8.04. The molecule has 4 aromatic rings. The third-order valence-electron chi connectivity index (χ3n) is 4.40. The quantitative estimate of drug-likeness (QED) is 0.252. The Morgan fingerprint density at radius 1 is 0.667 bits per heavy atom. The van der Waals surface area contributed by atoms with Crippen LogP contribution < -0.4 is 9.47 Å². The number of phenolic OH excluding ortho intramolecular Hbond substituents is 1. The summed E-state index contributed by atoms with van der Waals surface area (Å²) in [7, 11) is 0. The van der Waals surface area contributed by atoms with Crippen molar-refractivity contribution in [2.24, 2.45) is 0 Å². The third kappa shape index (κ3) is 7.58. The standard InChI is InChI=1S/C13H10BrFO2.C13H10BrFO/c14-10-6-7-11(12(15)13(10)16)17-8-9-4-2-1-3-5-9;14-11-6-7-13(12(15)8-11)16-9-10-4-2-1-3-5-10/h1-7,16H,8H2;1-8H,9H2. The molecule has 4 rings (SSSR count). The highest BCUT2D eigenvalue weighted by Crippen LogP contribution is 2.33. The molecule has 0 saturated carbocycles. The lowest BCUT2D eigenvalue weighted by Gasteiger charge is -2.08. The molecule has 4 aromatic carbocycles. The largest absolute Gasteiger partial charge is 0.504 e. The van der Waals surface area contributed by atoms with E-state index in [1.54, 1.807) is 18.2 Å². The van der Waals surface area contributed by atoms with Crippen molar-refractivity contribution in [3.8, 4) is 17.2 Å². The molecule has 0 saturated heterocycles. The highest BCUT2D eigenvalue weighted by Gasteiger charge is 2.12. The molecule has 0 heterocycles. The lowest BCUT2D eigenvalue weighted by atomic mass is 10.2. The molecule has 0 unspecified atom stereocenters. The minimum Gasteiger partial charge on any atom is -0.504 e. The van der Waals surface area contributed by atoms with Gasteiger partial charge in [0, 0.05) is 4.47 Å². The Morgan fingerprint density at radius 2 is 1.18 bits per heavy atom. The molecular formula is C26H20Br2F2O3. The fourth-order valence-electron chi connectivity index (χ4n) is 2.70. The van der Waals surface area contributed by atoms with Crippen LogP contribution >= 0.6 is 31.9 Å². The summed E-state index contributed by atoms with van der Waals surface area (Å²) in [6, 6.07) is 26.9. The molecule has 0 aromatic heterocycles. The van der Waals surface area contributed by atoms with Crippen molar-refractivity contribution >= 4 is 31.9 Å². The Kier molecular flexibility index (Phi) is 9.27. The summed E-state index contributed by atoms with van der Waals surface area (Å²) in [5.41, 5.74) is 1.96. The van der Waals surface area contributed by atoms with Crippen molar-refractivity contribution in [1.29, 1.82) is 0 Å². The van der Waals surface area contributed by atoms with E-state index < -0.39 is 11.6 Å². The van der Waals surface area contributed by atoms with E-state index >= 15 is 0 Å². The van der Waals surface area contributed by atoms with Crippen molar-refractivity contribution in [3.05, 3.63) is 123 Å². The van der Waals surface area contributed by atoms with Gasteiger partial charge in [-0.25, -0.2) is 4.39 Å². The van der Waals surface area contributed by atoms with Gasteiger partial charge in [0.05, 0.1) is 4.47 Å². The summed E-state index contributed by atoms with van der Waals surface area (Å²) < 4.78 is 38.7. The first kappa shape index (κ1) is 24.7. The molecule has 0 aliphatic carbocycles. The van der Waals surface area contributed by atoms with Crippen LogP contribution in [0.25, 0.3) is 0 Å². The Bertz CT molecular complexity index is 1170. The molecule has 170 valence electrons. The van der Waals surface area contributed by atoms with E-state index in [1.165, 1.54) is 12.1 Å². The van der Waals surface area contributed by atoms with Gasteiger partial charge in [0.2, 0.25) is 5.82 Å². The third-order valence-corrected chi connectivity index (χ3v) is 5.53. The minimum absolute atomic E-state index is 0.0366. The van der Waals surface area contributed by atoms with Crippen LogP contribution in [0.4, 0.5) is 8.78 Å². The normalized spacial score (nSPS) is 10.2. The van der Waals surface area contributed by atoms with Crippen molar-refractivity contribution in [3.63, 3.8) is 0 Å². The average Bonchev–Trinajstić information content (AvgIpc) is 2.83. The number of rotatable bonds is 6. The molecule has 1 N–H and O–H groups in total. The van der Waals surface area contributed by atoms with E-state index in [9.17, 15) is 13.9 Å². The van der Waals surface area contributed by atoms with Gasteiger partial charge in [-0.1, -0.05) is 76.6 Å². The van der Waals surface area contributed by atoms with Crippen molar-refractivity contribution in [2.75, 3.05) is 0 Å². The first-order chi connectivity index (χ1) is 15.9. The first-order valence-corrected chi connectivity index (χ1v) is 11.5. The van der Waals surface area contributed by atoms with E-state index in [-0.39, 0.29) is 23.9 Å². The lowest BCUT2D eigenvalue weighted by molar-refractivity contribution is 0.284. The maximum Gasteiger partial charge on any atom is 0.207 e. The zero-order valence-electron chi connectivity index (χ0n) is 17.4. The van der Waals surface area contributed by atoms with Gasteiger partial charge in [0.1, 0.15) is 13.2 Å². The second-order valence-corrected chi connectivity index (χ2v) is 8.60. The van der Waals surface area contributed by atoms with Crippen LogP contribution in [0.5, 0.6) is 17.2 Å². The molecule has 33 heavy (non-hydrogen) atoms. The molecule has 0 aliphatic heterocycles. The fourth-order valence-corrected chi connectivity index (χ4v) is 3.34. The fraction of sp³-hybridized carbons (Fsp3) is 0.0769. The summed E-state index contributed by atoms with van der Waals surface area (Å²) in [6.07, 6.45) is 0. The second kappa shape index (κ2) is 12.4. The number of benzene rings is 4. The molecule has 0 atom stereocenters. The maximum absolute atomic E-state index is 13.6. The van der Waals surface area contributed by atoms with E-state index in [0.29, 0.717) is 15.6 Å². The van der Waals surface area contributed by atoms with E-state index in [2.05, 4.69) is 31.9 Å². The summed E-state index contributed by atoms with van der Waals surface area (Å²) in [6.45, 7) is 0.637. The molecule has 0 amide bonds. The van der Waals surface area contributed by atoms with E-state index in [1.807, 2.05) is 60.7 Å². The van der Waals surface area contributed by atoms with Crippen molar-refractivity contribution in [1.82, 2.24) is 0 Å². The SMILES string of the molecule is Fc1cc(Br)ccc1OCc1ccccc1.Oc1c(Br)ccc(OCc2ccccc2)c1F. The van der Waals surface area contributed by atoms with Gasteiger partial charge < -0.3 is 14.6 Å². The molecule has 0 radical (unpaired) electrons. The monoisotopic (exact) mass is 576 g/mol. The molecule has 0 fully saturated rings. The maximum atomic E-state index is 13.6. The average molecular weight is 578 g/mol. The number of aromatic hydroxyl groups is 1. The number of hydrogen-bond donors (Lipinski definition) is 1. The van der Waals surface area contributed by atoms with Crippen LogP contribution in [0.3, 0.4) is 0 Å². The van der Waals surface area contributed by atoms with Crippen LogP contribution in [0.2, 0.25) is 0 Å². The van der Waals surface area contributed by atoms with Crippen molar-refractivity contribution < 1.29 is 23.4 Å². The van der Waals surface area contributed by atoms with E-state index in [4.69, 9.17) is 9.47 Å². The molecular weight excluding hydrogens is 558 g/mol.